The van der Waals surface area contributed by atoms with Crippen LogP contribution in [0.5, 0.6) is 0 Å². The summed E-state index contributed by atoms with van der Waals surface area (Å²) in [6.07, 6.45) is 3.82. The minimum atomic E-state index is -3.50. The van der Waals surface area contributed by atoms with E-state index in [1.165, 1.54) is 0 Å². The minimum Gasteiger partial charge on any atom is -0.392 e. The van der Waals surface area contributed by atoms with Gasteiger partial charge in [-0.25, -0.2) is 18.1 Å². The summed E-state index contributed by atoms with van der Waals surface area (Å²) in [5.74, 6) is -0.307. The summed E-state index contributed by atoms with van der Waals surface area (Å²) in [6.45, 7) is 0.288. The largest absolute Gasteiger partial charge is 0.392 e. The summed E-state index contributed by atoms with van der Waals surface area (Å²) in [4.78, 5) is 6.85. The van der Waals surface area contributed by atoms with Crippen molar-refractivity contribution < 1.29 is 13.5 Å². The lowest BCUT2D eigenvalue weighted by Crippen LogP contribution is -2.33. The number of aliphatic hydroxyl groups is 1. The number of nitrogens with zero attached hydrogens (tertiary/aromatic N) is 1. The second-order valence-corrected chi connectivity index (χ2v) is 7.59. The number of nitrogens with one attached hydrogen (secondary N) is 2. The Morgan fingerprint density at radius 1 is 1.26 bits per heavy atom. The first-order valence-corrected chi connectivity index (χ1v) is 9.35. The summed E-state index contributed by atoms with van der Waals surface area (Å²) in [7, 11) is -3.50. The molecule has 0 aliphatic heterocycles. The maximum absolute atomic E-state index is 11.9. The van der Waals surface area contributed by atoms with Crippen molar-refractivity contribution >= 4 is 21.6 Å². The molecular weight excluding hydrogens is 338 g/mol. The van der Waals surface area contributed by atoms with Gasteiger partial charge in [0, 0.05) is 17.8 Å². The monoisotopic (exact) mass is 357 g/mol. The second kappa shape index (κ2) is 8.44. The summed E-state index contributed by atoms with van der Waals surface area (Å²) < 4.78 is 26.4. The molecule has 1 aromatic carbocycles. The van der Waals surface area contributed by atoms with E-state index in [0.29, 0.717) is 24.3 Å². The quantitative estimate of drug-likeness (QED) is 0.634. The van der Waals surface area contributed by atoms with Crippen molar-refractivity contribution in [2.45, 2.75) is 25.4 Å². The number of aromatic nitrogens is 2. The molecule has 1 unspecified atom stereocenters. The van der Waals surface area contributed by atoms with Crippen molar-refractivity contribution in [3.63, 3.8) is 0 Å². The van der Waals surface area contributed by atoms with E-state index in [4.69, 9.17) is 11.6 Å². The van der Waals surface area contributed by atoms with Gasteiger partial charge in [-0.05, 0) is 37.0 Å². The number of hydrogen-bond acceptors (Lipinski definition) is 4. The number of halogens is 1. The normalized spacial score (nSPS) is 13.1. The third kappa shape index (κ3) is 6.70. The van der Waals surface area contributed by atoms with Crippen LogP contribution in [-0.2, 0) is 22.9 Å². The van der Waals surface area contributed by atoms with Crippen molar-refractivity contribution in [1.29, 1.82) is 0 Å². The standard InChI is InChI=1S/C15H20ClN3O3S/c16-13-3-1-12(2-4-13)7-8-19-23(21,22)10-15(20)6-5-14-9-17-11-18-14/h1-4,9,11,15,19-20H,5-8,10H2,(H,17,18). The molecule has 126 valence electrons. The van der Waals surface area contributed by atoms with Crippen molar-refractivity contribution in [2.24, 2.45) is 0 Å². The lowest BCUT2D eigenvalue weighted by Gasteiger charge is -2.11. The highest BCUT2D eigenvalue weighted by Crippen LogP contribution is 2.09. The average Bonchev–Trinajstić information content (AvgIpc) is 3.00. The molecule has 0 spiro atoms. The Morgan fingerprint density at radius 3 is 2.65 bits per heavy atom. The molecule has 8 heteroatoms. The Balaban J connectivity index is 1.71. The molecule has 3 N–H and O–H groups in total. The van der Waals surface area contributed by atoms with Crippen LogP contribution in [0.25, 0.3) is 0 Å². The number of hydrogen-bond donors (Lipinski definition) is 3. The lowest BCUT2D eigenvalue weighted by molar-refractivity contribution is 0.186. The van der Waals surface area contributed by atoms with E-state index < -0.39 is 16.1 Å². The molecule has 2 rings (SSSR count). The zero-order valence-corrected chi connectivity index (χ0v) is 14.1. The molecule has 0 bridgehead atoms. The molecule has 6 nitrogen and oxygen atoms in total. The second-order valence-electron chi connectivity index (χ2n) is 5.31. The van der Waals surface area contributed by atoms with E-state index in [0.717, 1.165) is 11.3 Å². The molecule has 23 heavy (non-hydrogen) atoms. The highest BCUT2D eigenvalue weighted by molar-refractivity contribution is 7.89. The maximum atomic E-state index is 11.9. The smallest absolute Gasteiger partial charge is 0.214 e. The first-order chi connectivity index (χ1) is 10.9. The Labute approximate surface area is 141 Å². The Morgan fingerprint density at radius 2 is 2.00 bits per heavy atom. The summed E-state index contributed by atoms with van der Waals surface area (Å²) in [6, 6.07) is 7.25. The Hall–Kier alpha value is -1.41. The van der Waals surface area contributed by atoms with Crippen molar-refractivity contribution in [2.75, 3.05) is 12.3 Å². The van der Waals surface area contributed by atoms with Crippen molar-refractivity contribution in [1.82, 2.24) is 14.7 Å². The number of imidazole rings is 1. The number of H-pyrrole nitrogens is 1. The molecule has 1 atom stereocenters. The van der Waals surface area contributed by atoms with Gasteiger partial charge in [-0.15, -0.1) is 0 Å². The van der Waals surface area contributed by atoms with Gasteiger partial charge in [-0.3, -0.25) is 0 Å². The first-order valence-electron chi connectivity index (χ1n) is 7.32. The molecule has 0 radical (unpaired) electrons. The molecule has 1 aromatic heterocycles. The fraction of sp³-hybridized carbons (Fsp3) is 0.400. The molecule has 0 amide bonds. The number of aryl methyl sites for hydroxylation is 1. The first kappa shape index (κ1) is 17.9. The number of benzene rings is 1. The van der Waals surface area contributed by atoms with E-state index in [-0.39, 0.29) is 12.3 Å². The van der Waals surface area contributed by atoms with Gasteiger partial charge >= 0.3 is 0 Å². The molecular formula is C15H20ClN3O3S. The Kier molecular flexibility index (Phi) is 6.59. The van der Waals surface area contributed by atoms with Gasteiger partial charge in [0.2, 0.25) is 10.0 Å². The van der Waals surface area contributed by atoms with E-state index in [9.17, 15) is 13.5 Å². The molecule has 0 saturated carbocycles. The Bertz CT molecular complexity index is 687. The number of aromatic amines is 1. The van der Waals surface area contributed by atoms with Crippen LogP contribution < -0.4 is 4.72 Å². The predicted octanol–water partition coefficient (Wildman–Crippen LogP) is 1.52. The van der Waals surface area contributed by atoms with Gasteiger partial charge < -0.3 is 10.1 Å². The van der Waals surface area contributed by atoms with Gasteiger partial charge in [0.25, 0.3) is 0 Å². The topological polar surface area (TPSA) is 95.1 Å². The van der Waals surface area contributed by atoms with Gasteiger partial charge in [-0.1, -0.05) is 23.7 Å². The van der Waals surface area contributed by atoms with E-state index in [1.807, 2.05) is 12.1 Å². The van der Waals surface area contributed by atoms with Crippen LogP contribution in [0.15, 0.2) is 36.8 Å². The molecule has 0 fully saturated rings. The fourth-order valence-electron chi connectivity index (χ4n) is 2.14. The van der Waals surface area contributed by atoms with Crippen LogP contribution in [0.3, 0.4) is 0 Å². The average molecular weight is 358 g/mol. The molecule has 0 aliphatic rings. The maximum Gasteiger partial charge on any atom is 0.214 e. The van der Waals surface area contributed by atoms with Gasteiger partial charge in [-0.2, -0.15) is 0 Å². The van der Waals surface area contributed by atoms with Crippen LogP contribution in [0.4, 0.5) is 0 Å². The predicted molar refractivity (Wildman–Crippen MR) is 89.9 cm³/mol. The zero-order chi connectivity index (χ0) is 16.7. The SMILES string of the molecule is O=S(=O)(CC(O)CCc1c[nH]cn1)NCCc1ccc(Cl)cc1. The number of sulfonamides is 1. The van der Waals surface area contributed by atoms with Crippen LogP contribution >= 0.6 is 11.6 Å². The summed E-state index contributed by atoms with van der Waals surface area (Å²) in [5.41, 5.74) is 1.80. The fourth-order valence-corrected chi connectivity index (χ4v) is 3.47. The van der Waals surface area contributed by atoms with Crippen LogP contribution in [0.2, 0.25) is 5.02 Å². The molecule has 0 aliphatic carbocycles. The lowest BCUT2D eigenvalue weighted by atomic mass is 10.2. The van der Waals surface area contributed by atoms with Gasteiger partial charge in [0.15, 0.2) is 0 Å². The highest BCUT2D eigenvalue weighted by Gasteiger charge is 2.17. The molecule has 0 saturated heterocycles. The molecule has 1 heterocycles. The van der Waals surface area contributed by atoms with Crippen LogP contribution in [0.1, 0.15) is 17.7 Å². The molecule has 2 aromatic rings. The number of aliphatic hydroxyl groups excluding tert-OH is 1. The van der Waals surface area contributed by atoms with Crippen LogP contribution in [0, 0.1) is 0 Å². The van der Waals surface area contributed by atoms with Gasteiger partial charge in [0.1, 0.15) is 0 Å². The van der Waals surface area contributed by atoms with E-state index >= 15 is 0 Å². The minimum absolute atomic E-state index is 0.288. The number of rotatable bonds is 9. The third-order valence-electron chi connectivity index (χ3n) is 3.35. The van der Waals surface area contributed by atoms with Crippen molar-refractivity contribution in [3.05, 3.63) is 53.1 Å². The third-order valence-corrected chi connectivity index (χ3v) is 5.07. The van der Waals surface area contributed by atoms with Crippen molar-refractivity contribution in [3.8, 4) is 0 Å². The highest BCUT2D eigenvalue weighted by atomic mass is 35.5. The van der Waals surface area contributed by atoms with Gasteiger partial charge in [0.05, 0.1) is 23.9 Å². The summed E-state index contributed by atoms with van der Waals surface area (Å²) in [5, 5.41) is 10.5. The van der Waals surface area contributed by atoms with Crippen LogP contribution in [-0.4, -0.2) is 41.9 Å². The van der Waals surface area contributed by atoms with E-state index in [1.54, 1.807) is 24.7 Å². The summed E-state index contributed by atoms with van der Waals surface area (Å²) >= 11 is 5.80. The zero-order valence-electron chi connectivity index (χ0n) is 12.6. The van der Waals surface area contributed by atoms with E-state index in [2.05, 4.69) is 14.7 Å².